The summed E-state index contributed by atoms with van der Waals surface area (Å²) in [6, 6.07) is 0. The predicted molar refractivity (Wildman–Crippen MR) is 122 cm³/mol. The van der Waals surface area contributed by atoms with Gasteiger partial charge < -0.3 is 25.0 Å². The third-order valence-electron chi connectivity index (χ3n) is 4.16. The van der Waals surface area contributed by atoms with E-state index in [0.29, 0.717) is 6.54 Å². The Bertz CT molecular complexity index is 569. The lowest BCUT2D eigenvalue weighted by atomic mass is 10.1. The molecule has 1 aromatic heterocycles. The van der Waals surface area contributed by atoms with Crippen molar-refractivity contribution in [1.29, 1.82) is 0 Å². The number of aryl methyl sites for hydroxylation is 1. The largest absolute Gasteiger partial charge is 0.496 e. The zero-order valence-electron chi connectivity index (χ0n) is 17.6. The zero-order chi connectivity index (χ0) is 19.4. The van der Waals surface area contributed by atoms with E-state index in [1.165, 1.54) is 0 Å². The molecule has 0 atom stereocenters. The standard InChI is InChI=1S/C19H35N5O2.HI/c1-7-20-19(21-9-11-24(4)10-8-12-25-5)23-14-17-16(3)18(26-6)15(2)13-22-17;/h13H,7-12,14H2,1-6H3,(H2,20,21,23);1H. The molecule has 0 aliphatic carbocycles. The van der Waals surface area contributed by atoms with Crippen LogP contribution in [0, 0.1) is 13.8 Å². The molecule has 0 radical (unpaired) electrons. The molecule has 0 unspecified atom stereocenters. The van der Waals surface area contributed by atoms with E-state index in [1.807, 2.05) is 20.0 Å². The first-order chi connectivity index (χ1) is 12.5. The summed E-state index contributed by atoms with van der Waals surface area (Å²) in [5.74, 6) is 1.69. The minimum absolute atomic E-state index is 0. The summed E-state index contributed by atoms with van der Waals surface area (Å²) in [4.78, 5) is 11.4. The van der Waals surface area contributed by atoms with Crippen molar-refractivity contribution in [3.05, 3.63) is 23.0 Å². The number of nitrogens with zero attached hydrogens (tertiary/aromatic N) is 3. The normalized spacial score (nSPS) is 11.3. The van der Waals surface area contributed by atoms with Crippen molar-refractivity contribution in [2.45, 2.75) is 33.7 Å². The first-order valence-electron chi connectivity index (χ1n) is 9.22. The molecule has 0 aliphatic heterocycles. The second kappa shape index (κ2) is 14.9. The molecule has 0 bridgehead atoms. The molecule has 8 heteroatoms. The van der Waals surface area contributed by atoms with Crippen molar-refractivity contribution in [1.82, 2.24) is 20.5 Å². The Morgan fingerprint density at radius 2 is 1.96 bits per heavy atom. The van der Waals surface area contributed by atoms with Crippen molar-refractivity contribution in [3.8, 4) is 5.75 Å². The SMILES string of the molecule is CCNC(=NCc1ncc(C)c(OC)c1C)NCCN(C)CCCOC.I. The van der Waals surface area contributed by atoms with E-state index in [2.05, 4.69) is 39.5 Å². The first kappa shape index (κ1) is 25.9. The van der Waals surface area contributed by atoms with Gasteiger partial charge in [-0.15, -0.1) is 24.0 Å². The number of guanidine groups is 1. The maximum Gasteiger partial charge on any atom is 0.191 e. The Morgan fingerprint density at radius 3 is 2.59 bits per heavy atom. The smallest absolute Gasteiger partial charge is 0.191 e. The fourth-order valence-electron chi connectivity index (χ4n) is 2.68. The summed E-state index contributed by atoms with van der Waals surface area (Å²) < 4.78 is 10.6. The molecule has 1 aromatic rings. The number of aromatic nitrogens is 1. The number of nitrogens with one attached hydrogen (secondary N) is 2. The van der Waals surface area contributed by atoms with Crippen molar-refractivity contribution in [3.63, 3.8) is 0 Å². The van der Waals surface area contributed by atoms with Gasteiger partial charge in [0.05, 0.1) is 19.3 Å². The van der Waals surface area contributed by atoms with Crippen LogP contribution in [-0.2, 0) is 11.3 Å². The Kier molecular flexibility index (Phi) is 14.2. The summed E-state index contributed by atoms with van der Waals surface area (Å²) in [6.07, 6.45) is 2.88. The van der Waals surface area contributed by atoms with Gasteiger partial charge in [-0.3, -0.25) is 4.98 Å². The molecule has 27 heavy (non-hydrogen) atoms. The van der Waals surface area contributed by atoms with Crippen LogP contribution in [0.2, 0.25) is 0 Å². The van der Waals surface area contributed by atoms with E-state index in [9.17, 15) is 0 Å². The minimum Gasteiger partial charge on any atom is -0.496 e. The van der Waals surface area contributed by atoms with Gasteiger partial charge in [-0.25, -0.2) is 4.99 Å². The van der Waals surface area contributed by atoms with Crippen molar-refractivity contribution >= 4 is 29.9 Å². The number of halogens is 1. The molecule has 0 spiro atoms. The monoisotopic (exact) mass is 493 g/mol. The van der Waals surface area contributed by atoms with E-state index in [0.717, 1.165) is 67.7 Å². The topological polar surface area (TPSA) is 71.0 Å². The van der Waals surface area contributed by atoms with Gasteiger partial charge in [0.15, 0.2) is 5.96 Å². The van der Waals surface area contributed by atoms with Crippen LogP contribution >= 0.6 is 24.0 Å². The van der Waals surface area contributed by atoms with Gasteiger partial charge in [-0.1, -0.05) is 0 Å². The van der Waals surface area contributed by atoms with E-state index in [1.54, 1.807) is 14.2 Å². The van der Waals surface area contributed by atoms with Gasteiger partial charge in [0.1, 0.15) is 5.75 Å². The van der Waals surface area contributed by atoms with E-state index >= 15 is 0 Å². The Morgan fingerprint density at radius 1 is 1.22 bits per heavy atom. The highest BCUT2D eigenvalue weighted by Crippen LogP contribution is 2.24. The van der Waals surface area contributed by atoms with Crippen molar-refractivity contribution in [2.24, 2.45) is 4.99 Å². The number of pyridine rings is 1. The maximum absolute atomic E-state index is 5.47. The third kappa shape index (κ3) is 9.57. The summed E-state index contributed by atoms with van der Waals surface area (Å²) in [5, 5.41) is 6.66. The molecular formula is C19H36IN5O2. The van der Waals surface area contributed by atoms with Gasteiger partial charge in [0, 0.05) is 57.2 Å². The second-order valence-corrected chi connectivity index (χ2v) is 6.32. The van der Waals surface area contributed by atoms with Crippen LogP contribution < -0.4 is 15.4 Å². The molecule has 1 rings (SSSR count). The van der Waals surface area contributed by atoms with E-state index in [4.69, 9.17) is 9.47 Å². The van der Waals surface area contributed by atoms with Crippen molar-refractivity contribution < 1.29 is 9.47 Å². The van der Waals surface area contributed by atoms with Crippen LogP contribution in [-0.4, -0.2) is 69.9 Å². The van der Waals surface area contributed by atoms with Crippen LogP contribution in [0.25, 0.3) is 0 Å². The van der Waals surface area contributed by atoms with Gasteiger partial charge in [-0.2, -0.15) is 0 Å². The van der Waals surface area contributed by atoms with E-state index in [-0.39, 0.29) is 24.0 Å². The van der Waals surface area contributed by atoms with Gasteiger partial charge in [0.25, 0.3) is 0 Å². The molecule has 0 saturated carbocycles. The van der Waals surface area contributed by atoms with Crippen LogP contribution in [0.5, 0.6) is 5.75 Å². The minimum atomic E-state index is 0. The lowest BCUT2D eigenvalue weighted by Gasteiger charge is -2.18. The molecule has 2 N–H and O–H groups in total. The van der Waals surface area contributed by atoms with Crippen molar-refractivity contribution in [2.75, 3.05) is 54.1 Å². The van der Waals surface area contributed by atoms with E-state index < -0.39 is 0 Å². The lowest BCUT2D eigenvalue weighted by Crippen LogP contribution is -2.41. The average Bonchev–Trinajstić information content (AvgIpc) is 2.61. The van der Waals surface area contributed by atoms with Crippen LogP contribution in [0.4, 0.5) is 0 Å². The molecule has 0 aliphatic rings. The van der Waals surface area contributed by atoms with Gasteiger partial charge >= 0.3 is 0 Å². The molecule has 0 aromatic carbocycles. The number of hydrogen-bond acceptors (Lipinski definition) is 5. The highest BCUT2D eigenvalue weighted by molar-refractivity contribution is 14.0. The summed E-state index contributed by atoms with van der Waals surface area (Å²) in [6.45, 7) is 11.0. The van der Waals surface area contributed by atoms with Crippen LogP contribution in [0.15, 0.2) is 11.2 Å². The van der Waals surface area contributed by atoms with Crippen LogP contribution in [0.1, 0.15) is 30.2 Å². The lowest BCUT2D eigenvalue weighted by molar-refractivity contribution is 0.180. The molecule has 0 saturated heterocycles. The van der Waals surface area contributed by atoms with Gasteiger partial charge in [-0.05, 0) is 34.2 Å². The first-order valence-corrected chi connectivity index (χ1v) is 9.22. The summed E-state index contributed by atoms with van der Waals surface area (Å²) >= 11 is 0. The highest BCUT2D eigenvalue weighted by Gasteiger charge is 2.09. The third-order valence-corrected chi connectivity index (χ3v) is 4.16. The van der Waals surface area contributed by atoms with Crippen LogP contribution in [0.3, 0.4) is 0 Å². The number of methoxy groups -OCH3 is 2. The number of ether oxygens (including phenoxy) is 2. The average molecular weight is 493 g/mol. The maximum atomic E-state index is 5.47. The molecule has 156 valence electrons. The summed E-state index contributed by atoms with van der Waals surface area (Å²) in [7, 11) is 5.55. The Balaban J connectivity index is 0.00000676. The number of rotatable bonds is 11. The number of likely N-dealkylation sites (N-methyl/N-ethyl adjacent to an activating group) is 1. The van der Waals surface area contributed by atoms with Gasteiger partial charge in [0.2, 0.25) is 0 Å². The Labute approximate surface area is 181 Å². The number of aliphatic imine (C=N–C) groups is 1. The molecule has 7 nitrogen and oxygen atoms in total. The Hall–Kier alpha value is -1.13. The zero-order valence-corrected chi connectivity index (χ0v) is 19.9. The highest BCUT2D eigenvalue weighted by atomic mass is 127. The summed E-state index contributed by atoms with van der Waals surface area (Å²) in [5.41, 5.74) is 3.02. The fraction of sp³-hybridized carbons (Fsp3) is 0.684. The number of hydrogen-bond donors (Lipinski definition) is 2. The predicted octanol–water partition coefficient (Wildman–Crippen LogP) is 2.35. The molecule has 0 amide bonds. The molecular weight excluding hydrogens is 457 g/mol. The fourth-order valence-corrected chi connectivity index (χ4v) is 2.68. The molecule has 0 fully saturated rings. The molecule has 1 heterocycles. The quantitative estimate of drug-likeness (QED) is 0.214. The second-order valence-electron chi connectivity index (χ2n) is 6.32.